The Kier molecular flexibility index (Phi) is 3.42. The molecule has 0 saturated heterocycles. The lowest BCUT2D eigenvalue weighted by atomic mass is 9.87. The molecule has 0 aliphatic carbocycles. The first-order valence-corrected chi connectivity index (χ1v) is 6.14. The zero-order chi connectivity index (χ0) is 10.7. The summed E-state index contributed by atoms with van der Waals surface area (Å²) in [4.78, 5) is 0. The van der Waals surface area contributed by atoms with E-state index in [4.69, 9.17) is 0 Å². The van der Waals surface area contributed by atoms with E-state index in [0.29, 0.717) is 0 Å². The Morgan fingerprint density at radius 1 is 1.40 bits per heavy atom. The second-order valence-corrected chi connectivity index (χ2v) is 4.60. The molecule has 1 atom stereocenters. The van der Waals surface area contributed by atoms with Crippen molar-refractivity contribution in [2.45, 2.75) is 45.6 Å². The van der Waals surface area contributed by atoms with Crippen molar-refractivity contribution in [3.05, 3.63) is 34.9 Å². The predicted molar refractivity (Wildman–Crippen MR) is 65.2 cm³/mol. The first-order valence-electron chi connectivity index (χ1n) is 6.14. The van der Waals surface area contributed by atoms with E-state index in [0.717, 1.165) is 19.0 Å². The monoisotopic (exact) mass is 203 g/mol. The third kappa shape index (κ3) is 2.23. The van der Waals surface area contributed by atoms with Gasteiger partial charge in [0.25, 0.3) is 0 Å². The Hall–Kier alpha value is -0.820. The van der Waals surface area contributed by atoms with Crippen LogP contribution >= 0.6 is 0 Å². The lowest BCUT2D eigenvalue weighted by Crippen LogP contribution is -2.24. The highest BCUT2D eigenvalue weighted by Gasteiger charge is 2.15. The molecule has 2 rings (SSSR count). The van der Waals surface area contributed by atoms with Crippen molar-refractivity contribution in [2.75, 3.05) is 6.54 Å². The van der Waals surface area contributed by atoms with Crippen molar-refractivity contribution in [3.8, 4) is 0 Å². The van der Waals surface area contributed by atoms with Gasteiger partial charge in [0.15, 0.2) is 0 Å². The van der Waals surface area contributed by atoms with E-state index < -0.39 is 0 Å². The fourth-order valence-corrected chi connectivity index (χ4v) is 2.61. The van der Waals surface area contributed by atoms with E-state index in [1.807, 2.05) is 0 Å². The van der Waals surface area contributed by atoms with E-state index in [-0.39, 0.29) is 0 Å². The van der Waals surface area contributed by atoms with Gasteiger partial charge in [0.2, 0.25) is 0 Å². The van der Waals surface area contributed by atoms with Crippen molar-refractivity contribution < 1.29 is 0 Å². The van der Waals surface area contributed by atoms with Gasteiger partial charge in [0, 0.05) is 6.54 Å². The Morgan fingerprint density at radius 3 is 3.07 bits per heavy atom. The van der Waals surface area contributed by atoms with E-state index in [2.05, 4.69) is 37.4 Å². The highest BCUT2D eigenvalue weighted by molar-refractivity contribution is 5.38. The number of hydrogen-bond donors (Lipinski definition) is 1. The molecule has 0 fully saturated rings. The molecule has 0 bridgehead atoms. The Bertz CT molecular complexity index is 330. The van der Waals surface area contributed by atoms with E-state index in [1.54, 1.807) is 11.1 Å². The van der Waals surface area contributed by atoms with E-state index in [9.17, 15) is 0 Å². The Morgan fingerprint density at radius 2 is 2.27 bits per heavy atom. The van der Waals surface area contributed by atoms with Gasteiger partial charge in [-0.25, -0.2) is 0 Å². The van der Waals surface area contributed by atoms with Crippen LogP contribution in [0.15, 0.2) is 18.2 Å². The van der Waals surface area contributed by atoms with Gasteiger partial charge < -0.3 is 5.32 Å². The number of benzene rings is 1. The molecule has 1 aliphatic rings. The summed E-state index contributed by atoms with van der Waals surface area (Å²) in [6.45, 7) is 6.83. The largest absolute Gasteiger partial charge is 0.312 e. The van der Waals surface area contributed by atoms with Crippen molar-refractivity contribution in [3.63, 3.8) is 0 Å². The molecule has 82 valence electrons. The van der Waals surface area contributed by atoms with Gasteiger partial charge >= 0.3 is 0 Å². The summed E-state index contributed by atoms with van der Waals surface area (Å²) in [5.41, 5.74) is 4.73. The number of rotatable bonds is 3. The lowest BCUT2D eigenvalue weighted by molar-refractivity contribution is 0.613. The molecule has 1 heteroatoms. The maximum Gasteiger partial charge on any atom is 0.0208 e. The number of fused-ring (bicyclic) bond motifs is 1. The van der Waals surface area contributed by atoms with Crippen LogP contribution in [-0.2, 0) is 13.0 Å². The fraction of sp³-hybridized carbons (Fsp3) is 0.571. The minimum atomic E-state index is 0.725. The summed E-state index contributed by atoms with van der Waals surface area (Å²) in [6, 6.07) is 6.81. The number of hydrogen-bond acceptors (Lipinski definition) is 1. The average Bonchev–Trinajstić information content (AvgIpc) is 2.28. The zero-order valence-electron chi connectivity index (χ0n) is 9.84. The molecule has 0 spiro atoms. The molecule has 0 saturated carbocycles. The summed E-state index contributed by atoms with van der Waals surface area (Å²) in [7, 11) is 0. The molecule has 1 unspecified atom stereocenters. The van der Waals surface area contributed by atoms with Crippen molar-refractivity contribution >= 4 is 0 Å². The first-order chi connectivity index (χ1) is 7.33. The van der Waals surface area contributed by atoms with Crippen molar-refractivity contribution in [1.82, 2.24) is 5.32 Å². The smallest absolute Gasteiger partial charge is 0.0208 e. The van der Waals surface area contributed by atoms with Crippen LogP contribution in [0.5, 0.6) is 0 Å². The molecular weight excluding hydrogens is 182 g/mol. The zero-order valence-corrected chi connectivity index (χ0v) is 9.84. The molecule has 1 aromatic rings. The third-order valence-electron chi connectivity index (χ3n) is 3.43. The molecule has 15 heavy (non-hydrogen) atoms. The normalized spacial score (nSPS) is 17.2. The molecule has 0 amide bonds. The average molecular weight is 203 g/mol. The molecular formula is C14H21N. The lowest BCUT2D eigenvalue weighted by Gasteiger charge is -2.23. The van der Waals surface area contributed by atoms with E-state index in [1.165, 1.54) is 24.8 Å². The fourth-order valence-electron chi connectivity index (χ4n) is 2.61. The van der Waals surface area contributed by atoms with Crippen LogP contribution in [0.2, 0.25) is 0 Å². The van der Waals surface area contributed by atoms with Gasteiger partial charge in [-0.05, 0) is 42.0 Å². The summed E-state index contributed by atoms with van der Waals surface area (Å²) >= 11 is 0. The highest BCUT2D eigenvalue weighted by atomic mass is 14.9. The molecule has 1 aliphatic heterocycles. The van der Waals surface area contributed by atoms with Crippen LogP contribution in [0.25, 0.3) is 0 Å². The standard InChI is InChI=1S/C14H21N/c1-3-5-11(2)13-7-4-6-12-10-15-9-8-14(12)13/h4,6-7,11,15H,3,5,8-10H2,1-2H3. The van der Waals surface area contributed by atoms with Gasteiger partial charge in [0.05, 0.1) is 0 Å². The summed E-state index contributed by atoms with van der Waals surface area (Å²) in [5.74, 6) is 0.725. The van der Waals surface area contributed by atoms with Crippen LogP contribution in [0.3, 0.4) is 0 Å². The minimum absolute atomic E-state index is 0.725. The van der Waals surface area contributed by atoms with Gasteiger partial charge in [0.1, 0.15) is 0 Å². The van der Waals surface area contributed by atoms with Gasteiger partial charge in [-0.1, -0.05) is 38.5 Å². The minimum Gasteiger partial charge on any atom is -0.312 e. The van der Waals surface area contributed by atoms with Gasteiger partial charge in [-0.15, -0.1) is 0 Å². The van der Waals surface area contributed by atoms with Gasteiger partial charge in [-0.2, -0.15) is 0 Å². The topological polar surface area (TPSA) is 12.0 Å². The Labute approximate surface area is 92.9 Å². The SMILES string of the molecule is CCCC(C)c1cccc2c1CCNC2. The van der Waals surface area contributed by atoms with Crippen molar-refractivity contribution in [1.29, 1.82) is 0 Å². The van der Waals surface area contributed by atoms with Crippen molar-refractivity contribution in [2.24, 2.45) is 0 Å². The molecule has 0 aromatic heterocycles. The first kappa shape index (κ1) is 10.7. The second kappa shape index (κ2) is 4.80. The van der Waals surface area contributed by atoms with Crippen LogP contribution in [0.4, 0.5) is 0 Å². The van der Waals surface area contributed by atoms with Crippen LogP contribution in [0.1, 0.15) is 49.3 Å². The maximum absolute atomic E-state index is 3.44. The summed E-state index contributed by atoms with van der Waals surface area (Å²) in [5, 5.41) is 3.44. The molecule has 0 radical (unpaired) electrons. The molecule has 1 N–H and O–H groups in total. The number of nitrogens with one attached hydrogen (secondary N) is 1. The van der Waals surface area contributed by atoms with E-state index >= 15 is 0 Å². The molecule has 1 aromatic carbocycles. The van der Waals surface area contributed by atoms with Gasteiger partial charge in [-0.3, -0.25) is 0 Å². The second-order valence-electron chi connectivity index (χ2n) is 4.60. The van der Waals surface area contributed by atoms with Crippen LogP contribution in [-0.4, -0.2) is 6.54 Å². The Balaban J connectivity index is 2.30. The third-order valence-corrected chi connectivity index (χ3v) is 3.43. The predicted octanol–water partition coefficient (Wildman–Crippen LogP) is 3.24. The molecule has 1 heterocycles. The maximum atomic E-state index is 3.44. The quantitative estimate of drug-likeness (QED) is 0.795. The van der Waals surface area contributed by atoms with Crippen LogP contribution < -0.4 is 5.32 Å². The molecule has 1 nitrogen and oxygen atoms in total. The highest BCUT2D eigenvalue weighted by Crippen LogP contribution is 2.28. The summed E-state index contributed by atoms with van der Waals surface area (Å²) in [6.07, 6.45) is 3.80. The summed E-state index contributed by atoms with van der Waals surface area (Å²) < 4.78 is 0. The van der Waals surface area contributed by atoms with Crippen LogP contribution in [0, 0.1) is 0 Å².